The second-order valence-corrected chi connectivity index (χ2v) is 7.62. The molecule has 1 saturated heterocycles. The van der Waals surface area contributed by atoms with Crippen LogP contribution in [0.4, 0.5) is 0 Å². The van der Waals surface area contributed by atoms with E-state index in [0.29, 0.717) is 11.3 Å². The SMILES string of the molecule is COc1ccc(-c2oc3cc(O)c([C@@H]4O[C@H](CO)[C@@H](O)[C@H](O)[C@H]4O)c(O)c3c(=O)c2O)cc1. The molecule has 3 aromatic rings. The number of rotatable bonds is 4. The number of hydrogen-bond donors (Lipinski definition) is 7. The molecule has 0 spiro atoms. The minimum absolute atomic E-state index is 0.213. The fourth-order valence-corrected chi connectivity index (χ4v) is 3.89. The van der Waals surface area contributed by atoms with Crippen molar-refractivity contribution in [3.63, 3.8) is 0 Å². The van der Waals surface area contributed by atoms with Crippen molar-refractivity contribution in [1.29, 1.82) is 0 Å². The highest BCUT2D eigenvalue weighted by atomic mass is 16.5. The standard InChI is InChI=1S/C22H22O11/c1-31-9-4-2-8(3-5-9)21-19(29)17(27)14-11(32-21)6-10(24)13(16(14)26)22-20(30)18(28)15(25)12(7-23)33-22/h2-6,12,15,18,20,22-26,28-30H,7H2,1H3/t12-,15-,18+,20-,22+/m1/s1. The summed E-state index contributed by atoms with van der Waals surface area (Å²) in [5.41, 5.74) is -1.45. The van der Waals surface area contributed by atoms with Gasteiger partial charge in [-0.25, -0.2) is 0 Å². The molecule has 4 rings (SSSR count). The van der Waals surface area contributed by atoms with Gasteiger partial charge in [-0.15, -0.1) is 0 Å². The van der Waals surface area contributed by atoms with E-state index in [0.717, 1.165) is 6.07 Å². The van der Waals surface area contributed by atoms with Gasteiger partial charge in [-0.1, -0.05) is 0 Å². The summed E-state index contributed by atoms with van der Waals surface area (Å²) in [4.78, 5) is 12.9. The molecule has 0 bridgehead atoms. The number of methoxy groups -OCH3 is 1. The lowest BCUT2D eigenvalue weighted by Gasteiger charge is -2.40. The van der Waals surface area contributed by atoms with Gasteiger partial charge in [0.15, 0.2) is 5.76 Å². The third-order valence-electron chi connectivity index (χ3n) is 5.68. The van der Waals surface area contributed by atoms with Crippen LogP contribution >= 0.6 is 0 Å². The maximum absolute atomic E-state index is 12.9. The van der Waals surface area contributed by atoms with E-state index in [9.17, 15) is 40.5 Å². The van der Waals surface area contributed by atoms with Crippen LogP contribution < -0.4 is 10.2 Å². The van der Waals surface area contributed by atoms with Crippen molar-refractivity contribution in [2.75, 3.05) is 13.7 Å². The molecule has 1 aliphatic rings. The van der Waals surface area contributed by atoms with Gasteiger partial charge in [0, 0.05) is 11.6 Å². The summed E-state index contributed by atoms with van der Waals surface area (Å²) in [5, 5.41) is 71.1. The number of aliphatic hydroxyl groups is 4. The molecule has 0 unspecified atom stereocenters. The number of aliphatic hydroxyl groups excluding tert-OH is 4. The average Bonchev–Trinajstić information content (AvgIpc) is 2.81. The number of fused-ring (bicyclic) bond motifs is 1. The highest BCUT2D eigenvalue weighted by molar-refractivity contribution is 5.90. The van der Waals surface area contributed by atoms with Crippen molar-refractivity contribution < 1.29 is 49.6 Å². The Morgan fingerprint density at radius 2 is 1.64 bits per heavy atom. The topological polar surface area (TPSA) is 190 Å². The number of aromatic hydroxyl groups is 3. The largest absolute Gasteiger partial charge is 0.507 e. The van der Waals surface area contributed by atoms with E-state index >= 15 is 0 Å². The van der Waals surface area contributed by atoms with Gasteiger partial charge in [0.05, 0.1) is 19.3 Å². The molecule has 0 radical (unpaired) electrons. The molecule has 1 fully saturated rings. The Morgan fingerprint density at radius 1 is 0.970 bits per heavy atom. The first-order valence-corrected chi connectivity index (χ1v) is 9.89. The molecule has 1 aromatic heterocycles. The number of phenols is 2. The fourth-order valence-electron chi connectivity index (χ4n) is 3.89. The van der Waals surface area contributed by atoms with Crippen LogP contribution in [0.15, 0.2) is 39.5 Å². The van der Waals surface area contributed by atoms with Crippen LogP contribution in [0.5, 0.6) is 23.0 Å². The molecule has 2 heterocycles. The van der Waals surface area contributed by atoms with Gasteiger partial charge in [-0.05, 0) is 24.3 Å². The smallest absolute Gasteiger partial charge is 0.238 e. The number of benzene rings is 2. The second kappa shape index (κ2) is 8.54. The van der Waals surface area contributed by atoms with Crippen LogP contribution in [0, 0.1) is 0 Å². The van der Waals surface area contributed by atoms with E-state index in [1.807, 2.05) is 0 Å². The van der Waals surface area contributed by atoms with Crippen LogP contribution in [0.2, 0.25) is 0 Å². The van der Waals surface area contributed by atoms with E-state index in [-0.39, 0.29) is 11.3 Å². The van der Waals surface area contributed by atoms with Gasteiger partial charge in [0.25, 0.3) is 0 Å². The van der Waals surface area contributed by atoms with Gasteiger partial charge >= 0.3 is 0 Å². The molecule has 0 aliphatic carbocycles. The molecule has 11 nitrogen and oxygen atoms in total. The lowest BCUT2D eigenvalue weighted by molar-refractivity contribution is -0.232. The van der Waals surface area contributed by atoms with Crippen molar-refractivity contribution in [3.05, 3.63) is 46.1 Å². The van der Waals surface area contributed by atoms with Gasteiger partial charge in [-0.3, -0.25) is 4.79 Å². The predicted molar refractivity (Wildman–Crippen MR) is 112 cm³/mol. The Hall–Kier alpha value is -3.35. The lowest BCUT2D eigenvalue weighted by atomic mass is 9.89. The summed E-state index contributed by atoms with van der Waals surface area (Å²) in [6.07, 6.45) is -8.20. The van der Waals surface area contributed by atoms with E-state index in [1.165, 1.54) is 19.2 Å². The predicted octanol–water partition coefficient (Wildman–Crippen LogP) is 0.100. The third kappa shape index (κ3) is 3.65. The fraction of sp³-hybridized carbons (Fsp3) is 0.318. The summed E-state index contributed by atoms with van der Waals surface area (Å²) in [6.45, 7) is -0.731. The zero-order chi connectivity index (χ0) is 24.0. The second-order valence-electron chi connectivity index (χ2n) is 7.62. The van der Waals surface area contributed by atoms with Crippen LogP contribution in [0.25, 0.3) is 22.3 Å². The van der Waals surface area contributed by atoms with Crippen LogP contribution in [0.1, 0.15) is 11.7 Å². The molecule has 5 atom stereocenters. The molecule has 176 valence electrons. The molecule has 2 aromatic carbocycles. The number of phenolic OH excluding ortho intramolecular Hbond substituents is 2. The van der Waals surface area contributed by atoms with Gasteiger partial charge in [0.2, 0.25) is 11.2 Å². The number of ether oxygens (including phenoxy) is 2. The van der Waals surface area contributed by atoms with Crippen LogP contribution in [-0.2, 0) is 4.74 Å². The summed E-state index contributed by atoms with van der Waals surface area (Å²) in [6, 6.07) is 7.21. The molecule has 1 aliphatic heterocycles. The van der Waals surface area contributed by atoms with Crippen molar-refractivity contribution in [3.8, 4) is 34.3 Å². The van der Waals surface area contributed by atoms with E-state index in [2.05, 4.69) is 0 Å². The lowest BCUT2D eigenvalue weighted by Crippen LogP contribution is -2.55. The van der Waals surface area contributed by atoms with Gasteiger partial charge in [-0.2, -0.15) is 0 Å². The van der Waals surface area contributed by atoms with Crippen LogP contribution in [-0.4, -0.2) is 73.9 Å². The molecule has 11 heteroatoms. The maximum Gasteiger partial charge on any atom is 0.238 e. The maximum atomic E-state index is 12.9. The van der Waals surface area contributed by atoms with E-state index in [4.69, 9.17) is 13.9 Å². The van der Waals surface area contributed by atoms with Gasteiger partial charge in [0.1, 0.15) is 58.7 Å². The average molecular weight is 462 g/mol. The molecule has 33 heavy (non-hydrogen) atoms. The molecular formula is C22H22O11. The highest BCUT2D eigenvalue weighted by Gasteiger charge is 2.46. The summed E-state index contributed by atoms with van der Waals surface area (Å²) < 4.78 is 16.0. The third-order valence-corrected chi connectivity index (χ3v) is 5.68. The highest BCUT2D eigenvalue weighted by Crippen LogP contribution is 2.45. The Morgan fingerprint density at radius 3 is 2.24 bits per heavy atom. The summed E-state index contributed by atoms with van der Waals surface area (Å²) >= 11 is 0. The first kappa shape index (κ1) is 22.8. The Bertz CT molecular complexity index is 1230. The molecule has 0 saturated carbocycles. The minimum atomic E-state index is -1.82. The first-order chi connectivity index (χ1) is 15.7. The van der Waals surface area contributed by atoms with Gasteiger partial charge < -0.3 is 49.6 Å². The molecular weight excluding hydrogens is 440 g/mol. The quantitative estimate of drug-likeness (QED) is 0.278. The molecule has 0 amide bonds. The zero-order valence-corrected chi connectivity index (χ0v) is 17.2. The van der Waals surface area contributed by atoms with Crippen molar-refractivity contribution >= 4 is 11.0 Å². The summed E-state index contributed by atoms with van der Waals surface area (Å²) in [7, 11) is 1.47. The normalized spacial score (nSPS) is 25.3. The molecule has 7 N–H and O–H groups in total. The summed E-state index contributed by atoms with van der Waals surface area (Å²) in [5.74, 6) is -2.01. The Labute approximate surface area is 185 Å². The number of hydrogen-bond acceptors (Lipinski definition) is 11. The van der Waals surface area contributed by atoms with E-state index in [1.54, 1.807) is 12.1 Å². The van der Waals surface area contributed by atoms with Crippen molar-refractivity contribution in [2.45, 2.75) is 30.5 Å². The van der Waals surface area contributed by atoms with Crippen molar-refractivity contribution in [2.24, 2.45) is 0 Å². The van der Waals surface area contributed by atoms with Crippen molar-refractivity contribution in [1.82, 2.24) is 0 Å². The minimum Gasteiger partial charge on any atom is -0.507 e. The first-order valence-electron chi connectivity index (χ1n) is 9.89. The Balaban J connectivity index is 1.88. The van der Waals surface area contributed by atoms with Crippen LogP contribution in [0.3, 0.4) is 0 Å². The Kier molecular flexibility index (Phi) is 5.91. The zero-order valence-electron chi connectivity index (χ0n) is 17.2. The van der Waals surface area contributed by atoms with E-state index < -0.39 is 70.8 Å². The monoisotopic (exact) mass is 462 g/mol.